The Labute approximate surface area is 198 Å². The van der Waals surface area contributed by atoms with Crippen LogP contribution in [0.15, 0.2) is 48.5 Å². The lowest BCUT2D eigenvalue weighted by molar-refractivity contribution is 0.116. The van der Waals surface area contributed by atoms with Gasteiger partial charge in [-0.1, -0.05) is 42.5 Å². The summed E-state index contributed by atoms with van der Waals surface area (Å²) < 4.78 is 7.94. The Morgan fingerprint density at radius 2 is 1.88 bits per heavy atom. The number of piperidine rings is 1. The summed E-state index contributed by atoms with van der Waals surface area (Å²) >= 11 is 0. The van der Waals surface area contributed by atoms with Crippen molar-refractivity contribution in [3.63, 3.8) is 0 Å². The largest absolute Gasteiger partial charge is 0.465 e. The fraction of sp³-hybridized carbons (Fsp3) is 0.346. The quantitative estimate of drug-likeness (QED) is 0.431. The van der Waals surface area contributed by atoms with Crippen LogP contribution < -0.4 is 5.73 Å². The predicted octanol–water partition coefficient (Wildman–Crippen LogP) is 4.76. The number of anilines is 1. The number of rotatable bonds is 6. The summed E-state index contributed by atoms with van der Waals surface area (Å²) in [5.41, 5.74) is 11.1. The predicted molar refractivity (Wildman–Crippen MR) is 133 cm³/mol. The van der Waals surface area contributed by atoms with Crippen molar-refractivity contribution in [3.8, 4) is 11.1 Å². The van der Waals surface area contributed by atoms with Gasteiger partial charge in [0.1, 0.15) is 17.9 Å². The van der Waals surface area contributed by atoms with Crippen LogP contribution in [0.25, 0.3) is 33.1 Å². The third kappa shape index (κ3) is 4.17. The average Bonchev–Trinajstić information content (AvgIpc) is 3.22. The second-order valence-corrected chi connectivity index (χ2v) is 8.78. The minimum absolute atomic E-state index is 0.349. The lowest BCUT2D eigenvalue weighted by Crippen LogP contribution is -2.38. The van der Waals surface area contributed by atoms with Crippen molar-refractivity contribution >= 4 is 33.8 Å². The van der Waals surface area contributed by atoms with Gasteiger partial charge in [-0.15, -0.1) is 0 Å². The van der Waals surface area contributed by atoms with Gasteiger partial charge in [-0.05, 0) is 42.9 Å². The molecule has 0 radical (unpaired) electrons. The molecular formula is C26H29N5O3. The average molecular weight is 460 g/mol. The van der Waals surface area contributed by atoms with Gasteiger partial charge in [-0.2, -0.15) is 0 Å². The molecule has 1 saturated heterocycles. The molecule has 1 aliphatic heterocycles. The first-order valence-electron chi connectivity index (χ1n) is 11.7. The number of hydrogen-bond acceptors (Lipinski definition) is 5. The van der Waals surface area contributed by atoms with Crippen molar-refractivity contribution in [2.75, 3.05) is 25.4 Å². The summed E-state index contributed by atoms with van der Waals surface area (Å²) in [5, 5.41) is 10.3. The molecule has 3 heterocycles. The number of hydrogen-bond donors (Lipinski definition) is 2. The van der Waals surface area contributed by atoms with Gasteiger partial charge in [-0.3, -0.25) is 0 Å². The van der Waals surface area contributed by atoms with Crippen molar-refractivity contribution in [3.05, 3.63) is 54.4 Å². The number of pyridine rings is 1. The summed E-state index contributed by atoms with van der Waals surface area (Å²) in [6, 6.07) is 16.5. The van der Waals surface area contributed by atoms with Gasteiger partial charge in [0, 0.05) is 31.6 Å². The van der Waals surface area contributed by atoms with E-state index in [1.807, 2.05) is 25.1 Å². The normalized spacial score (nSPS) is 14.8. The van der Waals surface area contributed by atoms with Crippen molar-refractivity contribution in [1.82, 2.24) is 19.4 Å². The zero-order valence-corrected chi connectivity index (χ0v) is 19.3. The molecular weight excluding hydrogens is 430 g/mol. The standard InChI is InChI=1S/C26H29N5O3/c1-2-34-16-22-29-23-24(31(22)15-17-10-12-30(13-11-17)26(32)33)20-9-8-19(14-21(20)28-25(23)27)18-6-4-3-5-7-18/h3-9,14,17H,2,10-13,15-16H2,1H3,(H2,27,28)(H,32,33). The van der Waals surface area contributed by atoms with Gasteiger partial charge in [0.15, 0.2) is 5.82 Å². The number of amides is 1. The second kappa shape index (κ2) is 9.30. The molecule has 4 aromatic rings. The molecule has 3 N–H and O–H groups in total. The van der Waals surface area contributed by atoms with E-state index in [0.717, 1.165) is 52.8 Å². The minimum atomic E-state index is -0.845. The first-order chi connectivity index (χ1) is 16.5. The lowest BCUT2D eigenvalue weighted by Gasteiger charge is -2.30. The van der Waals surface area contributed by atoms with Gasteiger partial charge in [0.05, 0.1) is 11.0 Å². The highest BCUT2D eigenvalue weighted by atomic mass is 16.5. The van der Waals surface area contributed by atoms with E-state index in [9.17, 15) is 9.90 Å². The van der Waals surface area contributed by atoms with Gasteiger partial charge in [0.25, 0.3) is 0 Å². The Morgan fingerprint density at radius 3 is 2.59 bits per heavy atom. The van der Waals surface area contributed by atoms with Crippen LogP contribution in [0.3, 0.4) is 0 Å². The Kier molecular flexibility index (Phi) is 6.06. The van der Waals surface area contributed by atoms with Crippen LogP contribution in [0.1, 0.15) is 25.6 Å². The van der Waals surface area contributed by atoms with Gasteiger partial charge in [0.2, 0.25) is 0 Å². The maximum absolute atomic E-state index is 11.3. The Hall–Kier alpha value is -3.65. The molecule has 176 valence electrons. The van der Waals surface area contributed by atoms with E-state index in [1.54, 1.807) is 0 Å². The number of benzene rings is 2. The van der Waals surface area contributed by atoms with Crippen molar-refractivity contribution in [2.24, 2.45) is 5.92 Å². The molecule has 8 heteroatoms. The fourth-order valence-corrected chi connectivity index (χ4v) is 4.83. The molecule has 1 aliphatic rings. The number of carboxylic acid groups (broad SMARTS) is 1. The first kappa shape index (κ1) is 22.2. The monoisotopic (exact) mass is 459 g/mol. The highest BCUT2D eigenvalue weighted by Crippen LogP contribution is 2.33. The van der Waals surface area contributed by atoms with E-state index >= 15 is 0 Å². The SMILES string of the molecule is CCOCc1nc2c(N)nc3cc(-c4ccccc4)ccc3c2n1CC1CCN(C(=O)O)CC1. The first-order valence-corrected chi connectivity index (χ1v) is 11.7. The van der Waals surface area contributed by atoms with E-state index in [2.05, 4.69) is 34.9 Å². The number of ether oxygens (including phenoxy) is 1. The van der Waals surface area contributed by atoms with Crippen LogP contribution in [0.2, 0.25) is 0 Å². The van der Waals surface area contributed by atoms with Gasteiger partial charge >= 0.3 is 6.09 Å². The summed E-state index contributed by atoms with van der Waals surface area (Å²) in [6.45, 7) is 4.80. The zero-order chi connectivity index (χ0) is 23.7. The number of nitrogen functional groups attached to an aromatic ring is 1. The second-order valence-electron chi connectivity index (χ2n) is 8.78. The molecule has 0 aliphatic carbocycles. The Bertz CT molecular complexity index is 1330. The number of nitrogens with zero attached hydrogens (tertiary/aromatic N) is 4. The van der Waals surface area contributed by atoms with E-state index in [4.69, 9.17) is 20.4 Å². The maximum atomic E-state index is 11.3. The van der Waals surface area contributed by atoms with Gasteiger partial charge < -0.3 is 25.0 Å². The van der Waals surface area contributed by atoms with Crippen LogP contribution in [-0.2, 0) is 17.9 Å². The molecule has 2 aromatic heterocycles. The van der Waals surface area contributed by atoms with Crippen LogP contribution >= 0.6 is 0 Å². The number of imidazole rings is 1. The summed E-state index contributed by atoms with van der Waals surface area (Å²) in [6.07, 6.45) is 0.788. The van der Waals surface area contributed by atoms with E-state index < -0.39 is 6.09 Å². The van der Waals surface area contributed by atoms with Crippen LogP contribution in [0, 0.1) is 5.92 Å². The summed E-state index contributed by atoms with van der Waals surface area (Å²) in [5.74, 6) is 1.58. The number of nitrogens with two attached hydrogens (primary N) is 1. The third-order valence-corrected chi connectivity index (χ3v) is 6.65. The van der Waals surface area contributed by atoms with E-state index in [0.29, 0.717) is 43.6 Å². The molecule has 0 unspecified atom stereocenters. The van der Waals surface area contributed by atoms with Crippen LogP contribution in [0.5, 0.6) is 0 Å². The topological polar surface area (TPSA) is 107 Å². The smallest absolute Gasteiger partial charge is 0.407 e. The minimum Gasteiger partial charge on any atom is -0.465 e. The van der Waals surface area contributed by atoms with E-state index in [-0.39, 0.29) is 0 Å². The molecule has 8 nitrogen and oxygen atoms in total. The highest BCUT2D eigenvalue weighted by Gasteiger charge is 2.25. The lowest BCUT2D eigenvalue weighted by atomic mass is 9.96. The molecule has 0 spiro atoms. The highest BCUT2D eigenvalue weighted by molar-refractivity contribution is 6.07. The molecule has 0 saturated carbocycles. The maximum Gasteiger partial charge on any atom is 0.407 e. The van der Waals surface area contributed by atoms with Crippen LogP contribution in [0.4, 0.5) is 10.6 Å². The molecule has 1 amide bonds. The van der Waals surface area contributed by atoms with Crippen molar-refractivity contribution in [1.29, 1.82) is 0 Å². The molecule has 5 rings (SSSR count). The van der Waals surface area contributed by atoms with Crippen molar-refractivity contribution < 1.29 is 14.6 Å². The van der Waals surface area contributed by atoms with Gasteiger partial charge in [-0.25, -0.2) is 14.8 Å². The third-order valence-electron chi connectivity index (χ3n) is 6.65. The van der Waals surface area contributed by atoms with E-state index in [1.165, 1.54) is 4.90 Å². The number of carbonyl (C=O) groups is 1. The Balaban J connectivity index is 1.59. The summed E-state index contributed by atoms with van der Waals surface area (Å²) in [7, 11) is 0. The number of fused-ring (bicyclic) bond motifs is 3. The van der Waals surface area contributed by atoms with Crippen molar-refractivity contribution in [2.45, 2.75) is 32.9 Å². The molecule has 0 atom stereocenters. The molecule has 1 fully saturated rings. The number of likely N-dealkylation sites (tertiary alicyclic amines) is 1. The summed E-state index contributed by atoms with van der Waals surface area (Å²) in [4.78, 5) is 22.3. The number of aromatic nitrogens is 3. The molecule has 34 heavy (non-hydrogen) atoms. The zero-order valence-electron chi connectivity index (χ0n) is 19.3. The molecule has 0 bridgehead atoms. The fourth-order valence-electron chi connectivity index (χ4n) is 4.83. The Morgan fingerprint density at radius 1 is 1.12 bits per heavy atom. The molecule has 2 aromatic carbocycles. The van der Waals surface area contributed by atoms with Crippen LogP contribution in [-0.4, -0.2) is 50.3 Å².